The number of nitrogens with one attached hydrogen (secondary N) is 2. The molecule has 6 rings (SSSR count). The average molecular weight is 672 g/mol. The number of anilines is 1. The molecule has 3 aromatic carbocycles. The lowest BCUT2D eigenvalue weighted by molar-refractivity contribution is -0.136. The molecule has 3 N–H and O–H groups in total. The van der Waals surface area contributed by atoms with E-state index in [0.717, 1.165) is 36.3 Å². The van der Waals surface area contributed by atoms with Gasteiger partial charge in [-0.2, -0.15) is 0 Å². The van der Waals surface area contributed by atoms with Crippen LogP contribution in [0.5, 0.6) is 11.5 Å². The zero-order valence-corrected chi connectivity index (χ0v) is 29.7. The molecule has 3 aromatic rings. The standard InChI is InChI=1S/C38H49N3O6Si/c1-24-36(46-3)31-20-27(40-38(44)32-11-8-18-39-32)12-17-33(31)47-37(24)34(48(4,5)30-15-13-29(45-2)14-16-30)21-35(43)41-22-26-10-7-6-9-25(26)19-28(41)23-42/h6-7,9-10,12-17,20,24,28,32,34,36-37,39,42H,8,11,18-19,21-23H2,1-5H3,(H,40,44)/t24-,28-,32+,34?,36-,37-/m0/s1. The van der Waals surface area contributed by atoms with Crippen LogP contribution in [0, 0.1) is 5.92 Å². The van der Waals surface area contributed by atoms with Crippen molar-refractivity contribution in [1.29, 1.82) is 0 Å². The van der Waals surface area contributed by atoms with Crippen LogP contribution in [0.4, 0.5) is 5.69 Å². The second-order valence-corrected chi connectivity index (χ2v) is 18.8. The quantitative estimate of drug-likeness (QED) is 0.266. The maximum absolute atomic E-state index is 14.5. The number of aliphatic hydroxyl groups excluding tert-OH is 1. The Morgan fingerprint density at radius 2 is 1.83 bits per heavy atom. The van der Waals surface area contributed by atoms with Crippen LogP contribution in [0.2, 0.25) is 18.6 Å². The van der Waals surface area contributed by atoms with E-state index in [0.29, 0.717) is 24.4 Å². The second kappa shape index (κ2) is 14.4. The zero-order chi connectivity index (χ0) is 34.0. The predicted molar refractivity (Wildman–Crippen MR) is 189 cm³/mol. The highest BCUT2D eigenvalue weighted by molar-refractivity contribution is 6.91. The van der Waals surface area contributed by atoms with Crippen LogP contribution < -0.4 is 25.3 Å². The molecule has 3 aliphatic heterocycles. The fourth-order valence-corrected chi connectivity index (χ4v) is 11.3. The number of hydrogen-bond acceptors (Lipinski definition) is 7. The highest BCUT2D eigenvalue weighted by atomic mass is 28.3. The highest BCUT2D eigenvalue weighted by Crippen LogP contribution is 2.48. The zero-order valence-electron chi connectivity index (χ0n) is 28.7. The molecule has 48 heavy (non-hydrogen) atoms. The van der Waals surface area contributed by atoms with E-state index < -0.39 is 8.07 Å². The molecule has 0 aromatic heterocycles. The second-order valence-electron chi connectivity index (χ2n) is 14.1. The summed E-state index contributed by atoms with van der Waals surface area (Å²) in [6.45, 7) is 8.00. The first-order valence-electron chi connectivity index (χ1n) is 17.1. The van der Waals surface area contributed by atoms with Crippen LogP contribution in [0.25, 0.3) is 0 Å². The Kier molecular flexibility index (Phi) is 10.3. The van der Waals surface area contributed by atoms with Crippen molar-refractivity contribution in [3.63, 3.8) is 0 Å². The maximum Gasteiger partial charge on any atom is 0.241 e. The lowest BCUT2D eigenvalue weighted by Gasteiger charge is -2.46. The summed E-state index contributed by atoms with van der Waals surface area (Å²) in [5.41, 5.74) is 3.79. The van der Waals surface area contributed by atoms with Gasteiger partial charge in [0.1, 0.15) is 17.6 Å². The third-order valence-corrected chi connectivity index (χ3v) is 15.1. The molecule has 1 saturated heterocycles. The van der Waals surface area contributed by atoms with Gasteiger partial charge in [0, 0.05) is 42.8 Å². The number of rotatable bonds is 10. The maximum atomic E-state index is 14.5. The summed E-state index contributed by atoms with van der Waals surface area (Å²) in [6, 6.07) is 21.7. The number of hydrogen-bond donors (Lipinski definition) is 3. The molecule has 10 heteroatoms. The number of carbonyl (C=O) groups excluding carboxylic acids is 2. The highest BCUT2D eigenvalue weighted by Gasteiger charge is 2.49. The minimum atomic E-state index is -2.43. The summed E-state index contributed by atoms with van der Waals surface area (Å²) < 4.78 is 18.6. The molecule has 3 heterocycles. The predicted octanol–water partition coefficient (Wildman–Crippen LogP) is 4.79. The van der Waals surface area contributed by atoms with Crippen molar-refractivity contribution >= 4 is 30.8 Å². The van der Waals surface area contributed by atoms with Crippen LogP contribution in [-0.2, 0) is 27.3 Å². The van der Waals surface area contributed by atoms with E-state index >= 15 is 0 Å². The van der Waals surface area contributed by atoms with Gasteiger partial charge in [-0.05, 0) is 67.3 Å². The smallest absolute Gasteiger partial charge is 0.241 e. The molecule has 256 valence electrons. The number of fused-ring (bicyclic) bond motifs is 2. The first-order valence-corrected chi connectivity index (χ1v) is 20.2. The van der Waals surface area contributed by atoms with Gasteiger partial charge in [0.2, 0.25) is 11.8 Å². The topological polar surface area (TPSA) is 109 Å². The lowest BCUT2D eigenvalue weighted by Crippen LogP contribution is -2.56. The molecule has 0 saturated carbocycles. The van der Waals surface area contributed by atoms with Crippen molar-refractivity contribution in [1.82, 2.24) is 10.2 Å². The van der Waals surface area contributed by atoms with Gasteiger partial charge >= 0.3 is 0 Å². The van der Waals surface area contributed by atoms with Crippen LogP contribution >= 0.6 is 0 Å². The van der Waals surface area contributed by atoms with Crippen molar-refractivity contribution < 1.29 is 28.9 Å². The largest absolute Gasteiger partial charge is 0.497 e. The van der Waals surface area contributed by atoms with E-state index in [4.69, 9.17) is 14.2 Å². The molecular formula is C38H49N3O6Si. The molecule has 3 aliphatic rings. The van der Waals surface area contributed by atoms with Gasteiger partial charge in [0.05, 0.1) is 40.0 Å². The summed E-state index contributed by atoms with van der Waals surface area (Å²) in [5, 5.41) is 17.9. The van der Waals surface area contributed by atoms with E-state index in [1.54, 1.807) is 14.2 Å². The van der Waals surface area contributed by atoms with Crippen molar-refractivity contribution in [3.05, 3.63) is 83.4 Å². The third-order valence-electron chi connectivity index (χ3n) is 10.9. The van der Waals surface area contributed by atoms with Gasteiger partial charge in [-0.25, -0.2) is 0 Å². The van der Waals surface area contributed by atoms with Crippen LogP contribution in [0.15, 0.2) is 66.7 Å². The number of nitrogens with zero attached hydrogens (tertiary/aromatic N) is 1. The van der Waals surface area contributed by atoms with E-state index in [2.05, 4.69) is 54.9 Å². The third kappa shape index (κ3) is 6.76. The van der Waals surface area contributed by atoms with Crippen molar-refractivity contribution in [2.75, 3.05) is 32.7 Å². The van der Waals surface area contributed by atoms with Crippen molar-refractivity contribution in [2.24, 2.45) is 5.92 Å². The minimum Gasteiger partial charge on any atom is -0.497 e. The van der Waals surface area contributed by atoms with E-state index in [9.17, 15) is 14.7 Å². The van der Waals surface area contributed by atoms with E-state index in [-0.39, 0.29) is 60.6 Å². The average Bonchev–Trinajstić information content (AvgIpc) is 3.65. The number of benzene rings is 3. The summed E-state index contributed by atoms with van der Waals surface area (Å²) in [7, 11) is 0.949. The molecule has 9 nitrogen and oxygen atoms in total. The SMILES string of the molecule is COc1ccc([Si](C)(C)C(CC(=O)N2Cc3ccccc3C[C@H]2CO)[C@H]2Oc3ccc(NC(=O)[C@H]4CCCN4)cc3[C@@H](OC)[C@@H]2C)cc1. The first kappa shape index (κ1) is 34.2. The first-order chi connectivity index (χ1) is 23.1. The van der Waals surface area contributed by atoms with Gasteiger partial charge in [-0.1, -0.05) is 61.6 Å². The Bertz CT molecular complexity index is 1610. The molecule has 6 atom stereocenters. The van der Waals surface area contributed by atoms with Gasteiger partial charge in [-0.3, -0.25) is 9.59 Å². The molecular weight excluding hydrogens is 623 g/mol. The fraction of sp³-hybridized carbons (Fsp3) is 0.474. The minimum absolute atomic E-state index is 0.0248. The van der Waals surface area contributed by atoms with Crippen LogP contribution in [-0.4, -0.2) is 75.5 Å². The summed E-state index contributed by atoms with van der Waals surface area (Å²) in [5.74, 6) is 1.40. The van der Waals surface area contributed by atoms with Gasteiger partial charge in [-0.15, -0.1) is 0 Å². The Labute approximate surface area is 285 Å². The summed E-state index contributed by atoms with van der Waals surface area (Å²) >= 11 is 0. The lowest BCUT2D eigenvalue weighted by atomic mass is 9.86. The molecule has 0 bridgehead atoms. The molecule has 2 amide bonds. The van der Waals surface area contributed by atoms with E-state index in [1.807, 2.05) is 47.4 Å². The number of ether oxygens (including phenoxy) is 3. The van der Waals surface area contributed by atoms with Crippen molar-refractivity contribution in [2.45, 2.75) is 82.1 Å². The Morgan fingerprint density at radius 1 is 1.08 bits per heavy atom. The van der Waals surface area contributed by atoms with Gasteiger partial charge in [0.25, 0.3) is 0 Å². The van der Waals surface area contributed by atoms with E-state index in [1.165, 1.54) is 10.8 Å². The number of amides is 2. The normalized spacial score (nSPS) is 24.2. The van der Waals surface area contributed by atoms with Crippen LogP contribution in [0.1, 0.15) is 49.0 Å². The Morgan fingerprint density at radius 3 is 2.50 bits per heavy atom. The Balaban J connectivity index is 1.33. The van der Waals surface area contributed by atoms with Crippen molar-refractivity contribution in [3.8, 4) is 11.5 Å². The monoisotopic (exact) mass is 671 g/mol. The fourth-order valence-electron chi connectivity index (χ4n) is 7.96. The summed E-state index contributed by atoms with van der Waals surface area (Å²) in [6.07, 6.45) is 2.12. The molecule has 0 aliphatic carbocycles. The molecule has 1 fully saturated rings. The number of methoxy groups -OCH3 is 2. The van der Waals surface area contributed by atoms with Gasteiger partial charge < -0.3 is 34.9 Å². The number of carbonyl (C=O) groups is 2. The Hall–Kier alpha value is -3.70. The molecule has 0 radical (unpaired) electrons. The molecule has 0 spiro atoms. The van der Waals surface area contributed by atoms with Crippen LogP contribution in [0.3, 0.4) is 0 Å². The molecule has 1 unspecified atom stereocenters. The number of aliphatic hydroxyl groups is 1. The van der Waals surface area contributed by atoms with Gasteiger partial charge in [0.15, 0.2) is 0 Å². The summed E-state index contributed by atoms with van der Waals surface area (Å²) in [4.78, 5) is 29.2.